The molecule has 1 fully saturated rings. The van der Waals surface area contributed by atoms with E-state index in [1.807, 2.05) is 20.8 Å². The van der Waals surface area contributed by atoms with Crippen LogP contribution >= 0.6 is 0 Å². The molecular formula is C34H46N4O11. The number of aliphatic hydroxyl groups excluding tert-OH is 1. The molecule has 5 atom stereocenters. The first-order valence-corrected chi connectivity index (χ1v) is 16.0. The SMILES string of the molecule is CCC(=O)OCOC(=O)N(Cc1cc(N(C)C)c2c(c1O)C(=O)C1C(=O)[C@]3(O)C(O)=C(C(N)=O)C(=O)[C@@H](N(C)C)C3CC1C2)CC(C)(C)C. The lowest BCUT2D eigenvalue weighted by Gasteiger charge is -2.52. The largest absolute Gasteiger partial charge is 0.508 e. The molecule has 3 aliphatic rings. The Balaban J connectivity index is 1.81. The molecule has 0 bridgehead atoms. The number of ether oxygens (including phenoxy) is 2. The number of nitrogens with zero attached hydrogens (tertiary/aromatic N) is 3. The number of nitrogens with two attached hydrogens (primary N) is 1. The van der Waals surface area contributed by atoms with Crippen LogP contribution in [0.4, 0.5) is 10.5 Å². The fraction of sp³-hybridized carbons (Fsp3) is 0.588. The minimum atomic E-state index is -2.77. The standard InChI is InChI=1S/C34H46N4O11/c1-9-21(39)48-15-49-32(46)38(14-33(2,3)4)13-17-12-20(36(5)6)18-10-16-11-19-25(37(7)8)28(42)24(31(35)45)30(44)34(19,47)29(43)22(16)27(41)23(18)26(17)40/h12,16,19,22,25,40,44,47H,9-11,13-15H2,1-8H3,(H2,35,45)/t16?,19?,22?,25-,34-/m0/s1. The van der Waals surface area contributed by atoms with E-state index in [0.717, 1.165) is 0 Å². The summed E-state index contributed by atoms with van der Waals surface area (Å²) in [5.41, 5.74) is 2.25. The number of phenols is 1. The van der Waals surface area contributed by atoms with Gasteiger partial charge in [0.25, 0.3) is 5.91 Å². The first-order chi connectivity index (χ1) is 22.7. The highest BCUT2D eigenvalue weighted by atomic mass is 16.7. The number of carbonyl (C=O) groups excluding carboxylic acids is 6. The second-order valence-corrected chi connectivity index (χ2v) is 14.6. The second kappa shape index (κ2) is 13.4. The third-order valence-electron chi connectivity index (χ3n) is 9.44. The molecule has 0 radical (unpaired) electrons. The molecule has 1 aromatic carbocycles. The number of Topliss-reactive ketones (excluding diaryl/α,β-unsaturated/α-hetero) is 3. The van der Waals surface area contributed by atoms with Gasteiger partial charge in [0.2, 0.25) is 6.79 Å². The maximum Gasteiger partial charge on any atom is 0.412 e. The monoisotopic (exact) mass is 686 g/mol. The van der Waals surface area contributed by atoms with Crippen molar-refractivity contribution in [3.8, 4) is 5.75 Å². The Morgan fingerprint density at radius 1 is 1.04 bits per heavy atom. The Kier molecular flexibility index (Phi) is 10.2. The van der Waals surface area contributed by atoms with Gasteiger partial charge in [-0.05, 0) is 49.9 Å². The van der Waals surface area contributed by atoms with Gasteiger partial charge in [-0.1, -0.05) is 27.7 Å². The number of hydrogen-bond donors (Lipinski definition) is 4. The van der Waals surface area contributed by atoms with E-state index in [4.69, 9.17) is 15.2 Å². The normalized spacial score (nSPS) is 25.0. The molecule has 1 aromatic rings. The number of aromatic hydroxyl groups is 1. The van der Waals surface area contributed by atoms with Gasteiger partial charge in [-0.25, -0.2) is 4.79 Å². The molecule has 3 unspecified atom stereocenters. The number of fused-ring (bicyclic) bond motifs is 3. The highest BCUT2D eigenvalue weighted by Crippen LogP contribution is 2.53. The van der Waals surface area contributed by atoms with Crippen LogP contribution in [0.15, 0.2) is 17.4 Å². The third kappa shape index (κ3) is 6.61. The van der Waals surface area contributed by atoms with Crippen LogP contribution in [0.3, 0.4) is 0 Å². The minimum absolute atomic E-state index is 0.0496. The summed E-state index contributed by atoms with van der Waals surface area (Å²) >= 11 is 0. The summed E-state index contributed by atoms with van der Waals surface area (Å²) in [6.07, 6.45) is -0.693. The lowest BCUT2D eigenvalue weighted by Crippen LogP contribution is -2.68. The van der Waals surface area contributed by atoms with Crippen molar-refractivity contribution < 1.29 is 53.6 Å². The van der Waals surface area contributed by atoms with Crippen molar-refractivity contribution in [2.75, 3.05) is 46.4 Å². The number of benzene rings is 1. The van der Waals surface area contributed by atoms with Gasteiger partial charge in [0, 0.05) is 44.2 Å². The third-order valence-corrected chi connectivity index (χ3v) is 9.44. The highest BCUT2D eigenvalue weighted by Gasteiger charge is 2.66. The Labute approximate surface area is 284 Å². The van der Waals surface area contributed by atoms with Crippen molar-refractivity contribution in [1.82, 2.24) is 9.80 Å². The second-order valence-electron chi connectivity index (χ2n) is 14.6. The first kappa shape index (κ1) is 37.3. The van der Waals surface area contributed by atoms with E-state index < -0.39 is 94.0 Å². The van der Waals surface area contributed by atoms with E-state index in [1.54, 1.807) is 32.0 Å². The van der Waals surface area contributed by atoms with Crippen molar-refractivity contribution in [2.45, 2.75) is 65.1 Å². The predicted octanol–water partition coefficient (Wildman–Crippen LogP) is 1.46. The molecule has 15 heteroatoms. The molecule has 268 valence electrons. The van der Waals surface area contributed by atoms with Gasteiger partial charge in [0.05, 0.1) is 24.1 Å². The number of rotatable bonds is 9. The van der Waals surface area contributed by atoms with Crippen LogP contribution in [-0.4, -0.2) is 114 Å². The fourth-order valence-electron chi connectivity index (χ4n) is 7.38. The number of esters is 1. The lowest BCUT2D eigenvalue weighted by molar-refractivity contribution is -0.163. The summed E-state index contributed by atoms with van der Waals surface area (Å²) in [4.78, 5) is 83.4. The average molecular weight is 687 g/mol. The molecule has 0 saturated heterocycles. The zero-order valence-electron chi connectivity index (χ0n) is 29.2. The molecule has 0 aromatic heterocycles. The summed E-state index contributed by atoms with van der Waals surface area (Å²) in [5, 5.41) is 34.7. The van der Waals surface area contributed by atoms with E-state index in [-0.39, 0.29) is 43.5 Å². The number of likely N-dealkylation sites (N-methyl/N-ethyl adjacent to an activating group) is 1. The molecule has 49 heavy (non-hydrogen) atoms. The lowest BCUT2D eigenvalue weighted by atomic mass is 9.54. The minimum Gasteiger partial charge on any atom is -0.508 e. The zero-order chi connectivity index (χ0) is 36.9. The summed E-state index contributed by atoms with van der Waals surface area (Å²) in [5.74, 6) is -9.75. The van der Waals surface area contributed by atoms with Gasteiger partial charge in [0.1, 0.15) is 17.1 Å². The van der Waals surface area contributed by atoms with Gasteiger partial charge < -0.3 is 40.3 Å². The summed E-state index contributed by atoms with van der Waals surface area (Å²) < 4.78 is 10.1. The topological polar surface area (TPSA) is 217 Å². The Hall–Kier alpha value is -4.50. The quantitative estimate of drug-likeness (QED) is 0.125. The van der Waals surface area contributed by atoms with Gasteiger partial charge in [0.15, 0.2) is 23.0 Å². The molecule has 0 spiro atoms. The van der Waals surface area contributed by atoms with Crippen molar-refractivity contribution in [1.29, 1.82) is 0 Å². The smallest absolute Gasteiger partial charge is 0.412 e. The molecule has 3 aliphatic carbocycles. The fourth-order valence-corrected chi connectivity index (χ4v) is 7.38. The molecule has 4 rings (SSSR count). The molecule has 15 nitrogen and oxygen atoms in total. The van der Waals surface area contributed by atoms with E-state index in [2.05, 4.69) is 0 Å². The zero-order valence-corrected chi connectivity index (χ0v) is 29.2. The average Bonchev–Trinajstić information content (AvgIpc) is 2.98. The van der Waals surface area contributed by atoms with Gasteiger partial charge in [-0.15, -0.1) is 0 Å². The van der Waals surface area contributed by atoms with Crippen LogP contribution in [0.25, 0.3) is 0 Å². The van der Waals surface area contributed by atoms with Crippen molar-refractivity contribution in [2.24, 2.45) is 28.9 Å². The number of phenolic OH excluding ortho intramolecular Hbond substituents is 1. The maximum atomic E-state index is 14.4. The van der Waals surface area contributed by atoms with Crippen LogP contribution in [0.1, 0.15) is 62.0 Å². The maximum absolute atomic E-state index is 14.4. The van der Waals surface area contributed by atoms with Crippen LogP contribution in [0.5, 0.6) is 5.75 Å². The Bertz CT molecular complexity index is 1630. The van der Waals surface area contributed by atoms with Crippen LogP contribution in [0, 0.1) is 23.2 Å². The summed E-state index contributed by atoms with van der Waals surface area (Å²) in [6, 6.07) is 0.441. The summed E-state index contributed by atoms with van der Waals surface area (Å²) in [7, 11) is 6.53. The molecule has 1 saturated carbocycles. The molecule has 0 aliphatic heterocycles. The number of primary amides is 1. The van der Waals surface area contributed by atoms with Crippen molar-refractivity contribution in [3.63, 3.8) is 0 Å². The molecular weight excluding hydrogens is 640 g/mol. The van der Waals surface area contributed by atoms with Crippen molar-refractivity contribution in [3.05, 3.63) is 34.1 Å². The van der Waals surface area contributed by atoms with Gasteiger partial charge >= 0.3 is 12.1 Å². The number of aliphatic hydroxyl groups is 2. The number of ketones is 3. The van der Waals surface area contributed by atoms with Crippen LogP contribution in [-0.2, 0) is 41.6 Å². The Morgan fingerprint density at radius 2 is 1.67 bits per heavy atom. The van der Waals surface area contributed by atoms with Crippen molar-refractivity contribution >= 4 is 41.0 Å². The number of hydrogen-bond acceptors (Lipinski definition) is 13. The molecule has 5 N–H and O–H groups in total. The van der Waals surface area contributed by atoms with Gasteiger partial charge in [-0.2, -0.15) is 0 Å². The van der Waals surface area contributed by atoms with E-state index in [0.29, 0.717) is 11.3 Å². The van der Waals surface area contributed by atoms with E-state index in [1.165, 1.54) is 23.9 Å². The van der Waals surface area contributed by atoms with E-state index in [9.17, 15) is 44.1 Å². The molecule has 0 heterocycles. The first-order valence-electron chi connectivity index (χ1n) is 16.0. The van der Waals surface area contributed by atoms with Gasteiger partial charge in [-0.3, -0.25) is 28.9 Å². The predicted molar refractivity (Wildman–Crippen MR) is 174 cm³/mol. The number of amides is 2. The summed E-state index contributed by atoms with van der Waals surface area (Å²) in [6.45, 7) is 6.54. The number of carbonyl (C=O) groups is 6. The highest BCUT2D eigenvalue weighted by molar-refractivity contribution is 6.25. The van der Waals surface area contributed by atoms with Crippen LogP contribution in [0.2, 0.25) is 0 Å². The van der Waals surface area contributed by atoms with E-state index >= 15 is 0 Å². The van der Waals surface area contributed by atoms with Crippen LogP contribution < -0.4 is 10.6 Å². The molecule has 2 amide bonds. The Morgan fingerprint density at radius 3 is 2.20 bits per heavy atom. The number of anilines is 1.